The van der Waals surface area contributed by atoms with E-state index >= 15 is 0 Å². The lowest BCUT2D eigenvalue weighted by molar-refractivity contribution is -0.122. The minimum absolute atomic E-state index is 0.300. The first-order valence-corrected chi connectivity index (χ1v) is 13.7. The number of ketones is 2. The summed E-state index contributed by atoms with van der Waals surface area (Å²) in [5, 5.41) is 3.06. The molecular formula is C34H27N3O5. The average molecular weight is 558 g/mol. The van der Waals surface area contributed by atoms with Gasteiger partial charge in [0, 0.05) is 35.4 Å². The summed E-state index contributed by atoms with van der Waals surface area (Å²) in [4.78, 5) is 49.9. The van der Waals surface area contributed by atoms with Gasteiger partial charge in [-0.05, 0) is 59.2 Å². The normalized spacial score (nSPS) is 23.1. The predicted octanol–water partition coefficient (Wildman–Crippen LogP) is 5.08. The van der Waals surface area contributed by atoms with Crippen LogP contribution in [0.2, 0.25) is 0 Å². The quantitative estimate of drug-likeness (QED) is 0.330. The van der Waals surface area contributed by atoms with Crippen LogP contribution in [0.1, 0.15) is 43.4 Å². The van der Waals surface area contributed by atoms with Gasteiger partial charge in [0.15, 0.2) is 23.1 Å². The Bertz CT molecular complexity index is 1790. The molecule has 1 N–H and O–H groups in total. The van der Waals surface area contributed by atoms with Crippen molar-refractivity contribution in [3.63, 3.8) is 0 Å². The molecule has 8 heteroatoms. The maximum atomic E-state index is 14.7. The Morgan fingerprint density at radius 2 is 1.60 bits per heavy atom. The number of hydrogen-bond acceptors (Lipinski definition) is 7. The van der Waals surface area contributed by atoms with E-state index in [9.17, 15) is 14.4 Å². The third kappa shape index (κ3) is 3.48. The van der Waals surface area contributed by atoms with Gasteiger partial charge in [0.2, 0.25) is 5.91 Å². The number of Topliss-reactive ketones (excluding diaryl/α,β-unsaturated/α-hetero) is 2. The molecular weight excluding hydrogens is 530 g/mol. The van der Waals surface area contributed by atoms with E-state index in [1.807, 2.05) is 65.7 Å². The van der Waals surface area contributed by atoms with E-state index in [1.165, 1.54) is 14.2 Å². The highest BCUT2D eigenvalue weighted by Crippen LogP contribution is 2.62. The van der Waals surface area contributed by atoms with Crippen molar-refractivity contribution in [2.24, 2.45) is 5.92 Å². The fourth-order valence-electron chi connectivity index (χ4n) is 7.02. The van der Waals surface area contributed by atoms with Gasteiger partial charge in [-0.25, -0.2) is 0 Å². The summed E-state index contributed by atoms with van der Waals surface area (Å²) in [7, 11) is 3.03. The number of pyridine rings is 1. The van der Waals surface area contributed by atoms with Gasteiger partial charge < -0.3 is 19.7 Å². The zero-order chi connectivity index (χ0) is 29.0. The third-order valence-electron chi connectivity index (χ3n) is 8.75. The SMILES string of the molecule is COc1ccc(C(=O)[C@@H]2[C@H](C(=O)c3ccncc3)[C@@]3(C(=O)Nc4ccccc43)[C@H]3c4ccccc4C=CN23)cc1OC. The first kappa shape index (κ1) is 25.7. The van der Waals surface area contributed by atoms with Gasteiger partial charge in [-0.3, -0.25) is 19.4 Å². The van der Waals surface area contributed by atoms with Crippen molar-refractivity contribution in [1.82, 2.24) is 9.88 Å². The van der Waals surface area contributed by atoms with E-state index in [0.717, 1.165) is 11.1 Å². The van der Waals surface area contributed by atoms with E-state index in [-0.39, 0.29) is 17.5 Å². The zero-order valence-electron chi connectivity index (χ0n) is 23.0. The lowest BCUT2D eigenvalue weighted by Crippen LogP contribution is -2.49. The van der Waals surface area contributed by atoms with Gasteiger partial charge >= 0.3 is 0 Å². The number of methoxy groups -OCH3 is 2. The summed E-state index contributed by atoms with van der Waals surface area (Å²) in [6.07, 6.45) is 6.88. The second-order valence-corrected chi connectivity index (χ2v) is 10.6. The molecule has 3 aromatic carbocycles. The third-order valence-corrected chi connectivity index (χ3v) is 8.75. The fraction of sp³-hybridized carbons (Fsp3) is 0.176. The molecule has 1 fully saturated rings. The number of hydrogen-bond donors (Lipinski definition) is 1. The van der Waals surface area contributed by atoms with Crippen molar-refractivity contribution in [3.8, 4) is 11.5 Å². The lowest BCUT2D eigenvalue weighted by atomic mass is 9.62. The van der Waals surface area contributed by atoms with Crippen LogP contribution < -0.4 is 14.8 Å². The molecule has 0 bridgehead atoms. The molecule has 7 rings (SSSR count). The summed E-state index contributed by atoms with van der Waals surface area (Å²) in [6, 6.07) is 21.9. The average Bonchev–Trinajstić information content (AvgIpc) is 3.52. The van der Waals surface area contributed by atoms with E-state index in [2.05, 4.69) is 10.3 Å². The van der Waals surface area contributed by atoms with Gasteiger partial charge in [-0.15, -0.1) is 0 Å². The number of benzene rings is 3. The maximum absolute atomic E-state index is 14.7. The summed E-state index contributed by atoms with van der Waals surface area (Å²) < 4.78 is 10.9. The predicted molar refractivity (Wildman–Crippen MR) is 157 cm³/mol. The minimum Gasteiger partial charge on any atom is -0.493 e. The number of nitrogens with zero attached hydrogens (tertiary/aromatic N) is 2. The topological polar surface area (TPSA) is 97.8 Å². The summed E-state index contributed by atoms with van der Waals surface area (Å²) >= 11 is 0. The number of para-hydroxylation sites is 1. The Kier molecular flexibility index (Phi) is 5.93. The number of amides is 1. The van der Waals surface area contributed by atoms with Crippen molar-refractivity contribution in [2.45, 2.75) is 17.5 Å². The van der Waals surface area contributed by atoms with Crippen LogP contribution in [0, 0.1) is 5.92 Å². The number of aromatic nitrogens is 1. The van der Waals surface area contributed by atoms with Crippen molar-refractivity contribution < 1.29 is 23.9 Å². The Hall–Kier alpha value is -5.24. The smallest absolute Gasteiger partial charge is 0.238 e. The number of fused-ring (bicyclic) bond motifs is 6. The van der Waals surface area contributed by atoms with Crippen molar-refractivity contribution in [1.29, 1.82) is 0 Å². The number of nitrogens with one attached hydrogen (secondary N) is 1. The first-order valence-electron chi connectivity index (χ1n) is 13.7. The largest absolute Gasteiger partial charge is 0.493 e. The molecule has 8 nitrogen and oxygen atoms in total. The van der Waals surface area contributed by atoms with E-state index in [1.54, 1.807) is 42.7 Å². The monoisotopic (exact) mass is 557 g/mol. The fourth-order valence-corrected chi connectivity index (χ4v) is 7.02. The van der Waals surface area contributed by atoms with E-state index < -0.39 is 23.4 Å². The molecule has 0 aliphatic carbocycles. The number of rotatable bonds is 6. The van der Waals surface area contributed by atoms with Crippen LogP contribution in [0.25, 0.3) is 6.08 Å². The van der Waals surface area contributed by atoms with Crippen molar-refractivity contribution in [3.05, 3.63) is 125 Å². The van der Waals surface area contributed by atoms with Crippen molar-refractivity contribution in [2.75, 3.05) is 19.5 Å². The van der Waals surface area contributed by atoms with Gasteiger partial charge in [-0.2, -0.15) is 0 Å². The van der Waals surface area contributed by atoms with Gasteiger partial charge in [0.25, 0.3) is 0 Å². The molecule has 42 heavy (non-hydrogen) atoms. The summed E-state index contributed by atoms with van der Waals surface area (Å²) in [6.45, 7) is 0. The maximum Gasteiger partial charge on any atom is 0.238 e. The molecule has 4 heterocycles. The van der Waals surface area contributed by atoms with Crippen LogP contribution >= 0.6 is 0 Å². The van der Waals surface area contributed by atoms with Gasteiger partial charge in [-0.1, -0.05) is 42.5 Å². The zero-order valence-corrected chi connectivity index (χ0v) is 23.0. The number of carbonyl (C=O) groups is 3. The molecule has 1 saturated heterocycles. The Labute approximate surface area is 242 Å². The number of carbonyl (C=O) groups excluding carboxylic acids is 3. The highest BCUT2D eigenvalue weighted by atomic mass is 16.5. The standard InChI is InChI=1S/C34H27N3O5/c1-41-26-12-11-22(19-27(26)42-2)31(39)29-28(30(38)21-13-16-35-17-14-21)34(24-9-5-6-10-25(24)36-33(34)40)32-23-8-4-3-7-20(23)15-18-37(29)32/h3-19,28-29,32H,1-2H3,(H,36,40)/t28-,29+,32-,34-/m1/s1. The molecule has 0 radical (unpaired) electrons. The first-order chi connectivity index (χ1) is 20.5. The summed E-state index contributed by atoms with van der Waals surface area (Å²) in [5.41, 5.74) is 2.49. The van der Waals surface area contributed by atoms with E-state index in [4.69, 9.17) is 9.47 Å². The van der Waals surface area contributed by atoms with Crippen LogP contribution in [0.3, 0.4) is 0 Å². The molecule has 4 atom stereocenters. The molecule has 3 aliphatic heterocycles. The highest BCUT2D eigenvalue weighted by Gasteiger charge is 2.70. The van der Waals surface area contributed by atoms with Crippen LogP contribution in [-0.4, -0.2) is 47.6 Å². The van der Waals surface area contributed by atoms with Crippen LogP contribution in [0.4, 0.5) is 5.69 Å². The number of anilines is 1. The molecule has 208 valence electrons. The Morgan fingerprint density at radius 1 is 0.857 bits per heavy atom. The van der Waals surface area contributed by atoms with E-state index in [0.29, 0.717) is 33.9 Å². The second-order valence-electron chi connectivity index (χ2n) is 10.6. The van der Waals surface area contributed by atoms with Crippen LogP contribution in [0.15, 0.2) is 97.5 Å². The summed E-state index contributed by atoms with van der Waals surface area (Å²) in [5.74, 6) is -1.10. The second kappa shape index (κ2) is 9.69. The molecule has 1 aromatic heterocycles. The molecule has 0 saturated carbocycles. The molecule has 3 aliphatic rings. The molecule has 1 amide bonds. The van der Waals surface area contributed by atoms with Crippen LogP contribution in [0.5, 0.6) is 11.5 Å². The minimum atomic E-state index is -1.39. The van der Waals surface area contributed by atoms with Crippen LogP contribution in [-0.2, 0) is 10.2 Å². The highest BCUT2D eigenvalue weighted by molar-refractivity contribution is 6.16. The number of ether oxygens (including phenoxy) is 2. The Morgan fingerprint density at radius 3 is 2.38 bits per heavy atom. The molecule has 4 aromatic rings. The van der Waals surface area contributed by atoms with Crippen molar-refractivity contribution >= 4 is 29.2 Å². The molecule has 1 spiro atoms. The van der Waals surface area contributed by atoms with Gasteiger partial charge in [0.05, 0.1) is 26.2 Å². The molecule has 0 unspecified atom stereocenters. The van der Waals surface area contributed by atoms with Gasteiger partial charge in [0.1, 0.15) is 11.5 Å². The lowest BCUT2D eigenvalue weighted by Gasteiger charge is -2.38. The Balaban J connectivity index is 1.52.